The van der Waals surface area contributed by atoms with Crippen LogP contribution in [-0.4, -0.2) is 29.0 Å². The molecule has 2 heterocycles. The Balaban J connectivity index is 1.67. The Morgan fingerprint density at radius 2 is 1.80 bits per heavy atom. The Hall–Kier alpha value is -3.24. The Bertz CT molecular complexity index is 1250. The normalized spacial score (nSPS) is 14.3. The van der Waals surface area contributed by atoms with Crippen molar-refractivity contribution in [2.24, 2.45) is 0 Å². The van der Waals surface area contributed by atoms with Crippen LogP contribution in [-0.2, 0) is 32.6 Å². The van der Waals surface area contributed by atoms with Crippen molar-refractivity contribution in [3.8, 4) is 5.69 Å². The van der Waals surface area contributed by atoms with Gasteiger partial charge in [-0.25, -0.2) is 13.1 Å². The van der Waals surface area contributed by atoms with E-state index in [4.69, 9.17) is 11.6 Å². The molecule has 1 aliphatic rings. The van der Waals surface area contributed by atoms with Gasteiger partial charge in [-0.3, -0.25) is 14.9 Å². The number of hydrogen-bond donors (Lipinski definition) is 1. The number of carbonyl (C=O) groups excluding carboxylic acids is 1. The molecule has 1 amide bonds. The molecule has 2 aromatic carbocycles. The fourth-order valence-corrected chi connectivity index (χ4v) is 4.86. The average molecular weight is 447 g/mol. The van der Waals surface area contributed by atoms with Gasteiger partial charge in [0.25, 0.3) is 5.69 Å². The third-order valence-corrected chi connectivity index (χ3v) is 6.32. The topological polar surface area (TPSA) is 124 Å². The van der Waals surface area contributed by atoms with Crippen molar-refractivity contribution in [3.63, 3.8) is 0 Å². The third-order valence-electron chi connectivity index (χ3n) is 4.63. The first-order valence-electron chi connectivity index (χ1n) is 8.82. The van der Waals surface area contributed by atoms with Crippen LogP contribution in [0.2, 0.25) is 5.02 Å². The summed E-state index contributed by atoms with van der Waals surface area (Å²) in [4.78, 5) is 23.0. The molecule has 0 spiro atoms. The highest BCUT2D eigenvalue weighted by Gasteiger charge is 2.33. The first-order valence-corrected chi connectivity index (χ1v) is 11.0. The molecule has 4 rings (SSSR count). The minimum atomic E-state index is -3.33. The van der Waals surface area contributed by atoms with Crippen molar-refractivity contribution >= 4 is 38.9 Å². The molecule has 0 unspecified atom stereocenters. The zero-order chi connectivity index (χ0) is 21.5. The van der Waals surface area contributed by atoms with E-state index in [1.165, 1.54) is 28.9 Å². The molecule has 9 nitrogen and oxygen atoms in total. The number of hydrogen-bond acceptors (Lipinski definition) is 6. The van der Waals surface area contributed by atoms with Crippen molar-refractivity contribution in [2.75, 3.05) is 5.32 Å². The van der Waals surface area contributed by atoms with Crippen molar-refractivity contribution < 1.29 is 18.1 Å². The summed E-state index contributed by atoms with van der Waals surface area (Å²) in [6, 6.07) is 12.4. The van der Waals surface area contributed by atoms with Gasteiger partial charge in [-0.2, -0.15) is 5.10 Å². The minimum Gasteiger partial charge on any atom is -0.310 e. The first kappa shape index (κ1) is 20.0. The van der Waals surface area contributed by atoms with Crippen LogP contribution < -0.4 is 5.32 Å². The number of nitro benzene ring substituents is 1. The lowest BCUT2D eigenvalue weighted by atomic mass is 10.1. The van der Waals surface area contributed by atoms with Crippen LogP contribution in [0.15, 0.2) is 48.5 Å². The lowest BCUT2D eigenvalue weighted by molar-refractivity contribution is -0.384. The van der Waals surface area contributed by atoms with Gasteiger partial charge < -0.3 is 5.32 Å². The molecule has 1 aromatic heterocycles. The Kier molecular flexibility index (Phi) is 5.04. The summed E-state index contributed by atoms with van der Waals surface area (Å²) < 4.78 is 25.5. The number of aromatic nitrogens is 2. The van der Waals surface area contributed by atoms with Gasteiger partial charge >= 0.3 is 0 Å². The van der Waals surface area contributed by atoms with Crippen LogP contribution in [0.4, 0.5) is 11.5 Å². The largest absolute Gasteiger partial charge is 0.310 e. The molecule has 0 saturated carbocycles. The molecule has 0 radical (unpaired) electrons. The number of non-ortho nitro benzene ring substituents is 1. The number of sulfone groups is 1. The number of carbonyl (C=O) groups is 1. The van der Waals surface area contributed by atoms with Crippen molar-refractivity contribution in [1.82, 2.24) is 9.78 Å². The maximum absolute atomic E-state index is 12.6. The molecule has 154 valence electrons. The summed E-state index contributed by atoms with van der Waals surface area (Å²) in [5, 5.41) is 18.5. The average Bonchev–Trinajstić information content (AvgIpc) is 3.16. The summed E-state index contributed by atoms with van der Waals surface area (Å²) in [6.07, 6.45) is 0.0597. The second kappa shape index (κ2) is 7.54. The van der Waals surface area contributed by atoms with Crippen LogP contribution in [0.5, 0.6) is 0 Å². The predicted molar refractivity (Wildman–Crippen MR) is 110 cm³/mol. The van der Waals surface area contributed by atoms with E-state index in [-0.39, 0.29) is 35.3 Å². The lowest BCUT2D eigenvalue weighted by Gasteiger charge is -2.11. The monoisotopic (exact) mass is 446 g/mol. The second-order valence-corrected chi connectivity index (χ2v) is 9.34. The highest BCUT2D eigenvalue weighted by molar-refractivity contribution is 7.90. The number of fused-ring (bicyclic) bond motifs is 1. The summed E-state index contributed by atoms with van der Waals surface area (Å²) in [6.45, 7) is 0. The molecular formula is C19H15ClN4O5S. The van der Waals surface area contributed by atoms with Crippen LogP contribution in [0, 0.1) is 10.1 Å². The fraction of sp³-hybridized carbons (Fsp3) is 0.158. The first-order chi connectivity index (χ1) is 14.2. The number of rotatable bonds is 5. The Morgan fingerprint density at radius 3 is 2.43 bits per heavy atom. The standard InChI is InChI=1S/C19H15ClN4O5S/c20-13-3-1-12(2-4-13)9-18(25)21-19-16-10-30(28,29)11-17(16)22-23(19)14-5-7-15(8-6-14)24(26)27/h1-8H,9-11H2,(H,21,25). The number of nitro groups is 1. The van der Waals surface area contributed by atoms with E-state index in [1.807, 2.05) is 0 Å². The van der Waals surface area contributed by atoms with E-state index >= 15 is 0 Å². The van der Waals surface area contributed by atoms with Crippen LogP contribution in [0.1, 0.15) is 16.8 Å². The maximum atomic E-state index is 12.6. The van der Waals surface area contributed by atoms with Gasteiger partial charge in [-0.05, 0) is 29.8 Å². The number of benzene rings is 2. The van der Waals surface area contributed by atoms with E-state index in [0.29, 0.717) is 22.0 Å². The quantitative estimate of drug-likeness (QED) is 0.474. The van der Waals surface area contributed by atoms with Crippen molar-refractivity contribution in [1.29, 1.82) is 0 Å². The maximum Gasteiger partial charge on any atom is 0.269 e. The van der Waals surface area contributed by atoms with Gasteiger partial charge in [0.15, 0.2) is 9.84 Å². The van der Waals surface area contributed by atoms with Crippen molar-refractivity contribution in [2.45, 2.75) is 17.9 Å². The third kappa shape index (κ3) is 4.05. The van der Waals surface area contributed by atoms with Gasteiger partial charge in [0.2, 0.25) is 5.91 Å². The van der Waals surface area contributed by atoms with Gasteiger partial charge in [0.05, 0.1) is 34.2 Å². The fourth-order valence-electron chi connectivity index (χ4n) is 3.24. The number of halogens is 1. The molecule has 0 saturated heterocycles. The van der Waals surface area contributed by atoms with Gasteiger partial charge in [-0.15, -0.1) is 0 Å². The minimum absolute atomic E-state index is 0.0597. The Labute approximate surface area is 176 Å². The molecule has 1 N–H and O–H groups in total. The molecule has 0 atom stereocenters. The van der Waals surface area contributed by atoms with E-state index < -0.39 is 14.8 Å². The van der Waals surface area contributed by atoms with Crippen LogP contribution in [0.3, 0.4) is 0 Å². The molecule has 30 heavy (non-hydrogen) atoms. The van der Waals surface area contributed by atoms with Crippen LogP contribution in [0.25, 0.3) is 5.69 Å². The molecule has 11 heteroatoms. The molecule has 0 bridgehead atoms. The molecular weight excluding hydrogens is 432 g/mol. The van der Waals surface area contributed by atoms with Gasteiger partial charge in [0, 0.05) is 22.7 Å². The number of nitrogens with zero attached hydrogens (tertiary/aromatic N) is 3. The molecule has 0 fully saturated rings. The van der Waals surface area contributed by atoms with Gasteiger partial charge in [-0.1, -0.05) is 23.7 Å². The van der Waals surface area contributed by atoms with Crippen molar-refractivity contribution in [3.05, 3.63) is 80.5 Å². The summed E-state index contributed by atoms with van der Waals surface area (Å²) >= 11 is 5.86. The highest BCUT2D eigenvalue weighted by atomic mass is 35.5. The smallest absolute Gasteiger partial charge is 0.269 e. The second-order valence-electron chi connectivity index (χ2n) is 6.84. The highest BCUT2D eigenvalue weighted by Crippen LogP contribution is 2.33. The van der Waals surface area contributed by atoms with E-state index in [9.17, 15) is 23.3 Å². The van der Waals surface area contributed by atoms with E-state index in [2.05, 4.69) is 10.4 Å². The zero-order valence-corrected chi connectivity index (χ0v) is 17.0. The number of nitrogens with one attached hydrogen (secondary N) is 1. The molecule has 1 aliphatic heterocycles. The number of anilines is 1. The lowest BCUT2D eigenvalue weighted by Crippen LogP contribution is -2.18. The molecule has 0 aliphatic carbocycles. The Morgan fingerprint density at radius 1 is 1.13 bits per heavy atom. The summed E-state index contributed by atoms with van der Waals surface area (Å²) in [5.41, 5.74) is 1.90. The zero-order valence-electron chi connectivity index (χ0n) is 15.4. The summed E-state index contributed by atoms with van der Waals surface area (Å²) in [5.74, 6) is -0.555. The van der Waals surface area contributed by atoms with Gasteiger partial charge in [0.1, 0.15) is 5.82 Å². The number of amides is 1. The van der Waals surface area contributed by atoms with E-state index in [1.54, 1.807) is 24.3 Å². The molecule has 3 aromatic rings. The predicted octanol–water partition coefficient (Wildman–Crippen LogP) is 3.04. The summed E-state index contributed by atoms with van der Waals surface area (Å²) in [7, 11) is -3.33. The van der Waals surface area contributed by atoms with Crippen LogP contribution >= 0.6 is 11.6 Å². The SMILES string of the molecule is O=C(Cc1ccc(Cl)cc1)Nc1c2c(nn1-c1ccc([N+](=O)[O-])cc1)CS(=O)(=O)C2. The van der Waals surface area contributed by atoms with E-state index in [0.717, 1.165) is 5.56 Å².